The monoisotopic (exact) mass is 273 g/mol. The Morgan fingerprint density at radius 2 is 2.05 bits per heavy atom. The zero-order valence-corrected chi connectivity index (χ0v) is 12.5. The molecule has 4 atom stereocenters. The van der Waals surface area contributed by atoms with Gasteiger partial charge in [-0.3, -0.25) is 9.88 Å². The lowest BCUT2D eigenvalue weighted by Crippen LogP contribution is -2.52. The molecule has 0 bridgehead atoms. The van der Waals surface area contributed by atoms with Crippen LogP contribution in [0, 0.1) is 5.92 Å². The Bertz CT molecular complexity index is 416. The molecule has 0 spiro atoms. The van der Waals surface area contributed by atoms with Gasteiger partial charge in [-0.05, 0) is 56.7 Å². The maximum Gasteiger partial charge on any atom is 0.0514 e. The number of nitrogens with two attached hydrogens (primary N) is 1. The van der Waals surface area contributed by atoms with Gasteiger partial charge in [0.25, 0.3) is 0 Å². The van der Waals surface area contributed by atoms with E-state index in [4.69, 9.17) is 5.73 Å². The fourth-order valence-electron chi connectivity index (χ4n) is 4.36. The number of hydrogen-bond donors (Lipinski definition) is 1. The Labute approximate surface area is 122 Å². The molecule has 3 nitrogen and oxygen atoms in total. The third-order valence-electron chi connectivity index (χ3n) is 5.17. The summed E-state index contributed by atoms with van der Waals surface area (Å²) in [6.07, 6.45) is 12.2. The summed E-state index contributed by atoms with van der Waals surface area (Å²) in [6.45, 7) is 3.34. The summed E-state index contributed by atoms with van der Waals surface area (Å²) in [7, 11) is 0. The van der Waals surface area contributed by atoms with E-state index >= 15 is 0 Å². The van der Waals surface area contributed by atoms with Gasteiger partial charge in [-0.1, -0.05) is 18.9 Å². The lowest BCUT2D eigenvalue weighted by Gasteiger charge is -2.48. The maximum absolute atomic E-state index is 6.35. The summed E-state index contributed by atoms with van der Waals surface area (Å²) in [5.41, 5.74) is 7.64. The largest absolute Gasteiger partial charge is 0.326 e. The van der Waals surface area contributed by atoms with Crippen LogP contribution in [-0.4, -0.2) is 28.5 Å². The molecular weight excluding hydrogens is 246 g/mol. The van der Waals surface area contributed by atoms with Crippen molar-refractivity contribution in [2.75, 3.05) is 6.54 Å². The lowest BCUT2D eigenvalue weighted by atomic mass is 9.77. The zero-order valence-electron chi connectivity index (χ0n) is 12.5. The van der Waals surface area contributed by atoms with Crippen LogP contribution < -0.4 is 5.73 Å². The molecule has 0 aromatic carbocycles. The average Bonchev–Trinajstić information content (AvgIpc) is 2.48. The molecule has 0 amide bonds. The molecule has 1 aliphatic heterocycles. The molecule has 2 heterocycles. The van der Waals surface area contributed by atoms with Crippen molar-refractivity contribution in [1.29, 1.82) is 0 Å². The Kier molecular flexibility index (Phi) is 4.37. The molecule has 2 N–H and O–H groups in total. The van der Waals surface area contributed by atoms with Crippen molar-refractivity contribution in [2.45, 2.75) is 63.6 Å². The Hall–Kier alpha value is -0.930. The predicted molar refractivity (Wildman–Crippen MR) is 82.3 cm³/mol. The maximum atomic E-state index is 6.35. The number of likely N-dealkylation sites (tertiary alicyclic amines) is 1. The first-order chi connectivity index (χ1) is 9.77. The number of aromatic nitrogens is 1. The van der Waals surface area contributed by atoms with Crippen LogP contribution in [0.3, 0.4) is 0 Å². The van der Waals surface area contributed by atoms with Gasteiger partial charge in [0.2, 0.25) is 0 Å². The van der Waals surface area contributed by atoms with Gasteiger partial charge < -0.3 is 5.73 Å². The van der Waals surface area contributed by atoms with E-state index in [0.29, 0.717) is 6.04 Å². The van der Waals surface area contributed by atoms with Crippen molar-refractivity contribution < 1.29 is 0 Å². The molecule has 1 saturated carbocycles. The SMILES string of the molecule is CC(N)C(c1cccnc1)N1CCCC2CCCCC21. The van der Waals surface area contributed by atoms with Crippen molar-refractivity contribution in [2.24, 2.45) is 11.7 Å². The number of fused-ring (bicyclic) bond motifs is 1. The van der Waals surface area contributed by atoms with Crippen molar-refractivity contribution >= 4 is 0 Å². The molecule has 1 saturated heterocycles. The first kappa shape index (κ1) is 14.0. The van der Waals surface area contributed by atoms with E-state index in [1.165, 1.54) is 50.6 Å². The minimum atomic E-state index is 0.153. The van der Waals surface area contributed by atoms with E-state index in [1.807, 2.05) is 18.5 Å². The van der Waals surface area contributed by atoms with E-state index in [9.17, 15) is 0 Å². The van der Waals surface area contributed by atoms with Crippen LogP contribution in [0.25, 0.3) is 0 Å². The van der Waals surface area contributed by atoms with Crippen LogP contribution >= 0.6 is 0 Å². The second kappa shape index (κ2) is 6.23. The van der Waals surface area contributed by atoms with Crippen LogP contribution in [0.4, 0.5) is 0 Å². The summed E-state index contributed by atoms with van der Waals surface area (Å²) in [5, 5.41) is 0. The van der Waals surface area contributed by atoms with E-state index < -0.39 is 0 Å². The standard InChI is InChI=1S/C17H27N3/c1-13(18)17(15-7-4-10-19-12-15)20-11-5-8-14-6-2-3-9-16(14)20/h4,7,10,12-14,16-17H,2-3,5-6,8-9,11,18H2,1H3. The minimum Gasteiger partial charge on any atom is -0.326 e. The van der Waals surface area contributed by atoms with Crippen LogP contribution in [0.2, 0.25) is 0 Å². The highest BCUT2D eigenvalue weighted by molar-refractivity contribution is 5.17. The summed E-state index contributed by atoms with van der Waals surface area (Å²) < 4.78 is 0. The topological polar surface area (TPSA) is 42.1 Å². The fourth-order valence-corrected chi connectivity index (χ4v) is 4.36. The van der Waals surface area contributed by atoms with Gasteiger partial charge in [0.15, 0.2) is 0 Å². The molecule has 0 radical (unpaired) electrons. The average molecular weight is 273 g/mol. The van der Waals surface area contributed by atoms with E-state index in [2.05, 4.69) is 22.9 Å². The van der Waals surface area contributed by atoms with Gasteiger partial charge in [-0.2, -0.15) is 0 Å². The zero-order chi connectivity index (χ0) is 13.9. The van der Waals surface area contributed by atoms with Gasteiger partial charge in [0, 0.05) is 24.5 Å². The van der Waals surface area contributed by atoms with Crippen LogP contribution in [0.5, 0.6) is 0 Å². The first-order valence-electron chi connectivity index (χ1n) is 8.18. The van der Waals surface area contributed by atoms with Crippen molar-refractivity contribution in [3.05, 3.63) is 30.1 Å². The summed E-state index contributed by atoms with van der Waals surface area (Å²) >= 11 is 0. The van der Waals surface area contributed by atoms with E-state index in [1.54, 1.807) is 0 Å². The molecule has 1 aromatic heterocycles. The van der Waals surface area contributed by atoms with Crippen LogP contribution in [0.1, 0.15) is 57.1 Å². The van der Waals surface area contributed by atoms with Gasteiger partial charge >= 0.3 is 0 Å². The van der Waals surface area contributed by atoms with Crippen molar-refractivity contribution in [3.63, 3.8) is 0 Å². The molecule has 3 rings (SSSR count). The van der Waals surface area contributed by atoms with Crippen LogP contribution in [0.15, 0.2) is 24.5 Å². The van der Waals surface area contributed by atoms with Crippen molar-refractivity contribution in [3.8, 4) is 0 Å². The minimum absolute atomic E-state index is 0.153. The number of piperidine rings is 1. The van der Waals surface area contributed by atoms with Gasteiger partial charge in [0.05, 0.1) is 6.04 Å². The van der Waals surface area contributed by atoms with Crippen LogP contribution in [-0.2, 0) is 0 Å². The number of nitrogens with zero attached hydrogens (tertiary/aromatic N) is 2. The number of hydrogen-bond acceptors (Lipinski definition) is 3. The molecule has 3 heteroatoms. The number of pyridine rings is 1. The smallest absolute Gasteiger partial charge is 0.0514 e. The number of rotatable bonds is 3. The second-order valence-electron chi connectivity index (χ2n) is 6.58. The molecule has 2 fully saturated rings. The van der Waals surface area contributed by atoms with Crippen molar-refractivity contribution in [1.82, 2.24) is 9.88 Å². The molecule has 110 valence electrons. The Balaban J connectivity index is 1.86. The summed E-state index contributed by atoms with van der Waals surface area (Å²) in [6, 6.07) is 5.45. The molecule has 20 heavy (non-hydrogen) atoms. The first-order valence-corrected chi connectivity index (χ1v) is 8.18. The quantitative estimate of drug-likeness (QED) is 0.920. The Morgan fingerprint density at radius 1 is 1.25 bits per heavy atom. The molecule has 1 aromatic rings. The molecular formula is C17H27N3. The highest BCUT2D eigenvalue weighted by Gasteiger charge is 2.38. The summed E-state index contributed by atoms with van der Waals surface area (Å²) in [4.78, 5) is 7.01. The third-order valence-corrected chi connectivity index (χ3v) is 5.17. The van der Waals surface area contributed by atoms with E-state index in [0.717, 1.165) is 12.0 Å². The van der Waals surface area contributed by atoms with E-state index in [-0.39, 0.29) is 6.04 Å². The molecule has 1 aliphatic carbocycles. The predicted octanol–water partition coefficient (Wildman–Crippen LogP) is 3.12. The molecule has 2 aliphatic rings. The highest BCUT2D eigenvalue weighted by Crippen LogP contribution is 2.40. The van der Waals surface area contributed by atoms with Gasteiger partial charge in [-0.25, -0.2) is 0 Å². The third kappa shape index (κ3) is 2.75. The van der Waals surface area contributed by atoms with Gasteiger partial charge in [0.1, 0.15) is 0 Å². The highest BCUT2D eigenvalue weighted by atomic mass is 15.2. The molecule has 4 unspecified atom stereocenters. The van der Waals surface area contributed by atoms with Gasteiger partial charge in [-0.15, -0.1) is 0 Å². The Morgan fingerprint density at radius 3 is 2.80 bits per heavy atom. The normalized spacial score (nSPS) is 30.5. The second-order valence-corrected chi connectivity index (χ2v) is 6.58. The lowest BCUT2D eigenvalue weighted by molar-refractivity contribution is 0.0177. The summed E-state index contributed by atoms with van der Waals surface area (Å²) in [5.74, 6) is 0.899. The fraction of sp³-hybridized carbons (Fsp3) is 0.706.